The van der Waals surface area contributed by atoms with Crippen LogP contribution in [0.3, 0.4) is 0 Å². The number of rotatable bonds is 7. The van der Waals surface area contributed by atoms with Gasteiger partial charge in [-0.05, 0) is 61.3 Å². The molecule has 1 saturated carbocycles. The van der Waals surface area contributed by atoms with Gasteiger partial charge in [0.15, 0.2) is 0 Å². The minimum absolute atomic E-state index is 0.00182. The number of nitrogens with zero attached hydrogens (tertiary/aromatic N) is 5. The van der Waals surface area contributed by atoms with E-state index in [1.807, 2.05) is 64.5 Å². The fourth-order valence-electron chi connectivity index (χ4n) is 6.84. The van der Waals surface area contributed by atoms with E-state index in [0.717, 1.165) is 66.5 Å². The molecule has 1 atom stereocenters. The van der Waals surface area contributed by atoms with Crippen LogP contribution in [-0.2, 0) is 17.6 Å². The van der Waals surface area contributed by atoms with Crippen molar-refractivity contribution in [1.82, 2.24) is 19.2 Å². The van der Waals surface area contributed by atoms with E-state index in [1.54, 1.807) is 6.33 Å². The number of benzene rings is 2. The summed E-state index contributed by atoms with van der Waals surface area (Å²) in [5.41, 5.74) is 4.18. The summed E-state index contributed by atoms with van der Waals surface area (Å²) in [4.78, 5) is 18.8. The largest absolute Gasteiger partial charge is 0.387 e. The summed E-state index contributed by atoms with van der Waals surface area (Å²) in [5.74, 6) is 0.601. The molecular weight excluding hydrogens is 514 g/mol. The number of aromatic nitrogens is 4. The Morgan fingerprint density at radius 1 is 1.12 bits per heavy atom. The number of ether oxygens (including phenoxy) is 1. The van der Waals surface area contributed by atoms with E-state index in [4.69, 9.17) is 4.74 Å². The predicted octanol–water partition coefficient (Wildman–Crippen LogP) is 5.39. The zero-order chi connectivity index (χ0) is 28.6. The molecule has 1 saturated heterocycles. The first kappa shape index (κ1) is 27.4. The second-order valence-corrected chi connectivity index (χ2v) is 11.8. The summed E-state index contributed by atoms with van der Waals surface area (Å²) in [6.07, 6.45) is 8.21. The average Bonchev–Trinajstić information content (AvgIpc) is 3.61. The highest BCUT2D eigenvalue weighted by Crippen LogP contribution is 2.47. The van der Waals surface area contributed by atoms with E-state index in [0.29, 0.717) is 37.2 Å². The SMILES string of the molecule is CCCc1c(Cc2ccc(-c3ccccc3C#N)cc2)c(=O)n(C2CCC3(CC2)CC(O)(CC)CO3)c2ncnn12. The summed E-state index contributed by atoms with van der Waals surface area (Å²) < 4.78 is 9.93. The van der Waals surface area contributed by atoms with Gasteiger partial charge < -0.3 is 9.84 Å². The molecule has 1 aliphatic carbocycles. The molecule has 0 radical (unpaired) electrons. The van der Waals surface area contributed by atoms with E-state index in [9.17, 15) is 15.2 Å². The van der Waals surface area contributed by atoms with Crippen LogP contribution in [0.4, 0.5) is 0 Å². The topological polar surface area (TPSA) is 105 Å². The van der Waals surface area contributed by atoms with Gasteiger partial charge >= 0.3 is 0 Å². The fraction of sp³-hybridized carbons (Fsp3) is 0.455. The molecule has 2 fully saturated rings. The third-order valence-corrected chi connectivity index (χ3v) is 9.19. The second-order valence-electron chi connectivity index (χ2n) is 11.8. The fourth-order valence-corrected chi connectivity index (χ4v) is 6.84. The summed E-state index contributed by atoms with van der Waals surface area (Å²) >= 11 is 0. The van der Waals surface area contributed by atoms with Crippen molar-refractivity contribution in [2.75, 3.05) is 6.61 Å². The van der Waals surface area contributed by atoms with Gasteiger partial charge in [0.05, 0.1) is 35.1 Å². The minimum atomic E-state index is -0.745. The summed E-state index contributed by atoms with van der Waals surface area (Å²) in [5, 5.41) is 24.9. The molecule has 41 heavy (non-hydrogen) atoms. The number of fused-ring (bicyclic) bond motifs is 1. The van der Waals surface area contributed by atoms with E-state index < -0.39 is 5.60 Å². The standard InChI is InChI=1S/C33H37N5O3/c1-3-7-29-28(18-23-10-12-24(13-11-23)27-9-6-5-8-25(27)19-34)30(39)37(31-35-22-36-38(29)31)26-14-16-33(17-15-26)20-32(40,4-2)21-41-33/h5-6,8-13,22,26,40H,3-4,7,14-18,20-21H2,1-2H3. The molecule has 2 aromatic carbocycles. The monoisotopic (exact) mass is 551 g/mol. The second kappa shape index (κ2) is 10.9. The van der Waals surface area contributed by atoms with Crippen molar-refractivity contribution < 1.29 is 9.84 Å². The minimum Gasteiger partial charge on any atom is -0.387 e. The lowest BCUT2D eigenvalue weighted by atomic mass is 9.77. The highest BCUT2D eigenvalue weighted by atomic mass is 16.5. The van der Waals surface area contributed by atoms with Crippen LogP contribution < -0.4 is 5.56 Å². The van der Waals surface area contributed by atoms with Gasteiger partial charge in [-0.25, -0.2) is 4.52 Å². The smallest absolute Gasteiger partial charge is 0.259 e. The number of nitriles is 1. The van der Waals surface area contributed by atoms with E-state index in [-0.39, 0.29) is 17.2 Å². The van der Waals surface area contributed by atoms with Crippen molar-refractivity contribution in [3.8, 4) is 17.2 Å². The first-order valence-corrected chi connectivity index (χ1v) is 14.8. The maximum absolute atomic E-state index is 14.3. The molecule has 6 rings (SSSR count). The van der Waals surface area contributed by atoms with Gasteiger partial charge in [-0.1, -0.05) is 62.7 Å². The van der Waals surface area contributed by atoms with Gasteiger partial charge in [0.2, 0.25) is 5.78 Å². The van der Waals surface area contributed by atoms with Crippen LogP contribution in [0.25, 0.3) is 16.9 Å². The molecule has 1 unspecified atom stereocenters. The van der Waals surface area contributed by atoms with Gasteiger partial charge in [-0.15, -0.1) is 0 Å². The summed E-state index contributed by atoms with van der Waals surface area (Å²) in [6.45, 7) is 4.51. The predicted molar refractivity (Wildman–Crippen MR) is 157 cm³/mol. The molecule has 1 N–H and O–H groups in total. The number of aliphatic hydroxyl groups is 1. The van der Waals surface area contributed by atoms with Crippen molar-refractivity contribution in [3.63, 3.8) is 0 Å². The normalized spacial score (nSPS) is 24.2. The number of aryl methyl sites for hydroxylation is 1. The lowest BCUT2D eigenvalue weighted by Crippen LogP contribution is -2.40. The summed E-state index contributed by atoms with van der Waals surface area (Å²) in [6, 6.07) is 18.0. The Hall–Kier alpha value is -3.80. The van der Waals surface area contributed by atoms with Crippen molar-refractivity contribution in [3.05, 3.63) is 87.6 Å². The third kappa shape index (κ3) is 4.98. The Bertz CT molecular complexity index is 1660. The molecule has 1 aliphatic heterocycles. The maximum atomic E-state index is 14.3. The van der Waals surface area contributed by atoms with E-state index in [2.05, 4.69) is 23.1 Å². The van der Waals surface area contributed by atoms with E-state index in [1.165, 1.54) is 0 Å². The Balaban J connectivity index is 1.33. The lowest BCUT2D eigenvalue weighted by molar-refractivity contribution is -0.0384. The van der Waals surface area contributed by atoms with E-state index >= 15 is 0 Å². The average molecular weight is 552 g/mol. The van der Waals surface area contributed by atoms with Crippen LogP contribution >= 0.6 is 0 Å². The lowest BCUT2D eigenvalue weighted by Gasteiger charge is -2.37. The van der Waals surface area contributed by atoms with Crippen molar-refractivity contribution in [2.24, 2.45) is 0 Å². The van der Waals surface area contributed by atoms with Gasteiger partial charge in [-0.3, -0.25) is 9.36 Å². The maximum Gasteiger partial charge on any atom is 0.259 e. The Morgan fingerprint density at radius 3 is 2.56 bits per heavy atom. The zero-order valence-corrected chi connectivity index (χ0v) is 23.8. The Kier molecular flexibility index (Phi) is 7.27. The van der Waals surface area contributed by atoms with Crippen LogP contribution in [0.15, 0.2) is 59.7 Å². The van der Waals surface area contributed by atoms with Gasteiger partial charge in [0, 0.05) is 24.4 Å². The third-order valence-electron chi connectivity index (χ3n) is 9.19. The Labute approximate surface area is 240 Å². The van der Waals surface area contributed by atoms with Crippen molar-refractivity contribution >= 4 is 5.78 Å². The summed E-state index contributed by atoms with van der Waals surface area (Å²) in [7, 11) is 0. The first-order valence-electron chi connectivity index (χ1n) is 14.8. The number of hydrogen-bond acceptors (Lipinski definition) is 6. The number of hydrogen-bond donors (Lipinski definition) is 1. The van der Waals surface area contributed by atoms with Gasteiger partial charge in [0.1, 0.15) is 6.33 Å². The molecule has 8 heteroatoms. The molecule has 1 spiro atoms. The molecule has 8 nitrogen and oxygen atoms in total. The molecule has 0 bridgehead atoms. The molecular formula is C33H37N5O3. The van der Waals surface area contributed by atoms with Crippen LogP contribution in [0.2, 0.25) is 0 Å². The quantitative estimate of drug-likeness (QED) is 0.330. The molecule has 2 aliphatic rings. The highest BCUT2D eigenvalue weighted by Gasteiger charge is 2.49. The molecule has 0 amide bonds. The molecule has 4 aromatic rings. The van der Waals surface area contributed by atoms with Gasteiger partial charge in [0.25, 0.3) is 5.56 Å². The van der Waals surface area contributed by atoms with Gasteiger partial charge in [-0.2, -0.15) is 15.3 Å². The van der Waals surface area contributed by atoms with Crippen LogP contribution in [0, 0.1) is 11.3 Å². The molecule has 212 valence electrons. The van der Waals surface area contributed by atoms with Crippen LogP contribution in [0.1, 0.15) is 87.2 Å². The first-order chi connectivity index (χ1) is 19.9. The molecule has 3 heterocycles. The van der Waals surface area contributed by atoms with Crippen molar-refractivity contribution in [1.29, 1.82) is 5.26 Å². The Morgan fingerprint density at radius 2 is 1.88 bits per heavy atom. The highest BCUT2D eigenvalue weighted by molar-refractivity contribution is 5.70. The zero-order valence-electron chi connectivity index (χ0n) is 23.8. The molecule has 2 aromatic heterocycles. The van der Waals surface area contributed by atoms with Crippen LogP contribution in [-0.4, -0.2) is 42.1 Å². The van der Waals surface area contributed by atoms with Crippen molar-refractivity contribution in [2.45, 2.75) is 88.9 Å². The van der Waals surface area contributed by atoms with Crippen LogP contribution in [0.5, 0.6) is 0 Å².